The quantitative estimate of drug-likeness (QED) is 0.266. The smallest absolute Gasteiger partial charge is 0.247 e. The van der Waals surface area contributed by atoms with Gasteiger partial charge in [0.1, 0.15) is 5.76 Å². The van der Waals surface area contributed by atoms with E-state index in [4.69, 9.17) is 4.42 Å². The number of piperidine rings is 1. The van der Waals surface area contributed by atoms with E-state index in [1.807, 2.05) is 24.3 Å². The molecule has 1 fully saturated rings. The number of hydrogen-bond donors (Lipinski definition) is 2. The summed E-state index contributed by atoms with van der Waals surface area (Å²) in [4.78, 5) is 35.4. The molecule has 0 unspecified atom stereocenters. The van der Waals surface area contributed by atoms with Crippen LogP contribution in [0.5, 0.6) is 0 Å². The third kappa shape index (κ3) is 7.77. The highest BCUT2D eigenvalue weighted by Gasteiger charge is 2.26. The molecule has 1 saturated heterocycles. The summed E-state index contributed by atoms with van der Waals surface area (Å²) in [6, 6.07) is 7.82. The van der Waals surface area contributed by atoms with Gasteiger partial charge in [-0.05, 0) is 49.7 Å². The van der Waals surface area contributed by atoms with E-state index >= 15 is 0 Å². The Morgan fingerprint density at radius 1 is 1.16 bits per heavy atom. The zero-order valence-corrected chi connectivity index (χ0v) is 23.1. The van der Waals surface area contributed by atoms with Gasteiger partial charge in [0.2, 0.25) is 17.7 Å². The molecule has 196 valence electrons. The summed E-state index contributed by atoms with van der Waals surface area (Å²) < 4.78 is 6.86. The van der Waals surface area contributed by atoms with Crippen LogP contribution in [0.2, 0.25) is 0 Å². The van der Waals surface area contributed by atoms with Gasteiger partial charge in [-0.25, -0.2) is 9.97 Å². The largest absolute Gasteiger partial charge is 0.444 e. The molecule has 0 saturated carbocycles. The number of amides is 2. The molecule has 1 aliphatic rings. The average Bonchev–Trinajstić information content (AvgIpc) is 3.54. The summed E-state index contributed by atoms with van der Waals surface area (Å²) in [7, 11) is 0. The normalized spacial score (nSPS) is 14.9. The van der Waals surface area contributed by atoms with Crippen LogP contribution in [0.1, 0.15) is 50.8 Å². The zero-order valence-electron chi connectivity index (χ0n) is 21.5. The Morgan fingerprint density at radius 2 is 1.89 bits per heavy atom. The Morgan fingerprint density at radius 3 is 2.54 bits per heavy atom. The van der Waals surface area contributed by atoms with Crippen LogP contribution >= 0.6 is 23.1 Å². The van der Waals surface area contributed by atoms with Crippen molar-refractivity contribution >= 4 is 45.7 Å². The monoisotopic (exact) mass is 539 g/mol. The van der Waals surface area contributed by atoms with Crippen molar-refractivity contribution in [1.82, 2.24) is 14.9 Å². The van der Waals surface area contributed by atoms with E-state index in [0.717, 1.165) is 48.1 Å². The molecule has 3 heterocycles. The van der Waals surface area contributed by atoms with E-state index in [-0.39, 0.29) is 23.1 Å². The minimum Gasteiger partial charge on any atom is -0.444 e. The number of carbonyl (C=O) groups is 2. The second-order valence-corrected chi connectivity index (χ2v) is 12.4. The molecule has 4 rings (SSSR count). The zero-order chi connectivity index (χ0) is 26.4. The molecule has 1 aromatic carbocycles. The van der Waals surface area contributed by atoms with Crippen molar-refractivity contribution in [3.05, 3.63) is 66.5 Å². The van der Waals surface area contributed by atoms with Gasteiger partial charge in [0.15, 0.2) is 5.13 Å². The van der Waals surface area contributed by atoms with Gasteiger partial charge in [-0.15, -0.1) is 11.8 Å². The fourth-order valence-corrected chi connectivity index (χ4v) is 5.67. The van der Waals surface area contributed by atoms with Gasteiger partial charge < -0.3 is 15.1 Å². The lowest BCUT2D eigenvalue weighted by atomic mass is 9.94. The van der Waals surface area contributed by atoms with Gasteiger partial charge in [0.05, 0.1) is 22.4 Å². The van der Waals surface area contributed by atoms with Crippen molar-refractivity contribution in [2.24, 2.45) is 5.92 Å². The average molecular weight is 540 g/mol. The maximum absolute atomic E-state index is 12.8. The molecule has 0 atom stereocenters. The van der Waals surface area contributed by atoms with E-state index in [0.29, 0.717) is 16.8 Å². The summed E-state index contributed by atoms with van der Waals surface area (Å²) in [6.45, 7) is 12.3. The minimum atomic E-state index is -0.221. The fraction of sp³-hybridized carbons (Fsp3) is 0.407. The lowest BCUT2D eigenvalue weighted by Crippen LogP contribution is -2.37. The number of thiazole rings is 1. The van der Waals surface area contributed by atoms with Gasteiger partial charge in [-0.1, -0.05) is 50.8 Å². The first kappa shape index (κ1) is 27.1. The van der Waals surface area contributed by atoms with Crippen molar-refractivity contribution in [3.63, 3.8) is 0 Å². The number of benzene rings is 1. The molecule has 2 aromatic heterocycles. The molecule has 0 radical (unpaired) electrons. The number of rotatable bonds is 9. The van der Waals surface area contributed by atoms with Crippen LogP contribution in [0.15, 0.2) is 57.9 Å². The Labute approximate surface area is 226 Å². The fourth-order valence-electron chi connectivity index (χ4n) is 3.95. The number of aromatic nitrogens is 2. The topological polar surface area (TPSA) is 100 Å². The molecule has 2 amide bonds. The Kier molecular flexibility index (Phi) is 8.83. The van der Waals surface area contributed by atoms with Crippen molar-refractivity contribution in [1.29, 1.82) is 0 Å². The van der Waals surface area contributed by atoms with Crippen LogP contribution in [0.4, 0.5) is 10.8 Å². The molecule has 3 aromatic rings. The number of anilines is 2. The molecule has 1 aliphatic heterocycles. The Hall–Kier alpha value is -2.95. The van der Waals surface area contributed by atoms with Crippen LogP contribution in [-0.2, 0) is 27.3 Å². The predicted molar refractivity (Wildman–Crippen MR) is 149 cm³/mol. The molecular weight excluding hydrogens is 506 g/mol. The van der Waals surface area contributed by atoms with Crippen LogP contribution in [0.3, 0.4) is 0 Å². The number of nitrogens with one attached hydrogen (secondary N) is 2. The molecule has 37 heavy (non-hydrogen) atoms. The number of thioether (sulfide) groups is 1. The predicted octanol–water partition coefficient (Wildman–Crippen LogP) is 5.70. The van der Waals surface area contributed by atoms with Crippen LogP contribution in [0.25, 0.3) is 0 Å². The standard InChI is InChI=1S/C27H33N5O3S2/c1-5-22(33)30-20-8-6-18(7-9-20)16-32-12-10-19(11-13-32)25(34)31-26-29-15-24(37-26)36-17-23-28-14-21(35-23)27(2,3)4/h5-9,14-15,19H,1,10-13,16-17H2,2-4H3,(H,30,33)(H,29,31,34). The van der Waals surface area contributed by atoms with Gasteiger partial charge in [0.25, 0.3) is 0 Å². The third-order valence-corrected chi connectivity index (χ3v) is 8.21. The highest BCUT2D eigenvalue weighted by molar-refractivity contribution is 8.00. The lowest BCUT2D eigenvalue weighted by Gasteiger charge is -2.31. The highest BCUT2D eigenvalue weighted by atomic mass is 32.2. The first-order valence-corrected chi connectivity index (χ1v) is 14.1. The van der Waals surface area contributed by atoms with E-state index in [1.54, 1.807) is 24.2 Å². The van der Waals surface area contributed by atoms with Crippen molar-refractivity contribution in [3.8, 4) is 0 Å². The number of likely N-dealkylation sites (tertiary alicyclic amines) is 1. The number of hydrogen-bond acceptors (Lipinski definition) is 8. The molecule has 0 spiro atoms. The van der Waals surface area contributed by atoms with Crippen molar-refractivity contribution < 1.29 is 14.0 Å². The number of carbonyl (C=O) groups excluding carboxylic acids is 2. The first-order chi connectivity index (χ1) is 17.7. The summed E-state index contributed by atoms with van der Waals surface area (Å²) in [6.07, 6.45) is 6.46. The second kappa shape index (κ2) is 12.1. The minimum absolute atomic E-state index is 0.0177. The molecule has 0 bridgehead atoms. The summed E-state index contributed by atoms with van der Waals surface area (Å²) >= 11 is 3.08. The summed E-state index contributed by atoms with van der Waals surface area (Å²) in [5, 5.41) is 6.38. The van der Waals surface area contributed by atoms with E-state index < -0.39 is 0 Å². The SMILES string of the molecule is C=CC(=O)Nc1ccc(CN2CCC(C(=O)Nc3ncc(SCc4ncc(C(C)(C)C)o4)s3)CC2)cc1. The molecule has 8 nitrogen and oxygen atoms in total. The van der Waals surface area contributed by atoms with E-state index in [1.165, 1.54) is 23.0 Å². The van der Waals surface area contributed by atoms with E-state index in [9.17, 15) is 9.59 Å². The maximum atomic E-state index is 12.8. The summed E-state index contributed by atoms with van der Waals surface area (Å²) in [5.74, 6) is 1.98. The Balaban J connectivity index is 1.20. The van der Waals surface area contributed by atoms with Gasteiger partial charge >= 0.3 is 0 Å². The maximum Gasteiger partial charge on any atom is 0.247 e. The van der Waals surface area contributed by atoms with Crippen molar-refractivity contribution in [2.75, 3.05) is 23.7 Å². The number of oxazole rings is 1. The van der Waals surface area contributed by atoms with Crippen LogP contribution < -0.4 is 10.6 Å². The van der Waals surface area contributed by atoms with E-state index in [2.05, 4.69) is 52.9 Å². The van der Waals surface area contributed by atoms with Crippen LogP contribution in [-0.4, -0.2) is 39.8 Å². The highest BCUT2D eigenvalue weighted by Crippen LogP contribution is 2.32. The Bertz CT molecular complexity index is 1220. The second-order valence-electron chi connectivity index (χ2n) is 10.1. The first-order valence-electron chi connectivity index (χ1n) is 12.3. The van der Waals surface area contributed by atoms with Gasteiger partial charge in [0, 0.05) is 23.6 Å². The van der Waals surface area contributed by atoms with Crippen molar-refractivity contribution in [2.45, 2.75) is 55.5 Å². The molecule has 10 heteroatoms. The molecular formula is C27H33N5O3S2. The lowest BCUT2D eigenvalue weighted by molar-refractivity contribution is -0.121. The molecule has 0 aliphatic carbocycles. The number of nitrogens with zero attached hydrogens (tertiary/aromatic N) is 3. The molecule has 2 N–H and O–H groups in total. The summed E-state index contributed by atoms with van der Waals surface area (Å²) in [5.41, 5.74) is 1.86. The van der Waals surface area contributed by atoms with Gasteiger partial charge in [-0.2, -0.15) is 0 Å². The van der Waals surface area contributed by atoms with Crippen LogP contribution in [0, 0.1) is 5.92 Å². The van der Waals surface area contributed by atoms with Gasteiger partial charge in [-0.3, -0.25) is 14.5 Å². The third-order valence-electron chi connectivity index (χ3n) is 6.12.